The van der Waals surface area contributed by atoms with Gasteiger partial charge >= 0.3 is 0 Å². The average molecular weight is 217 g/mol. The van der Waals surface area contributed by atoms with E-state index in [2.05, 4.69) is 6.08 Å². The van der Waals surface area contributed by atoms with Crippen LogP contribution < -0.4 is 0 Å². The minimum Gasteiger partial charge on any atom is -0.349 e. The third kappa shape index (κ3) is 4.09. The van der Waals surface area contributed by atoms with Crippen molar-refractivity contribution in [3.63, 3.8) is 0 Å². The standard InChI is InChI=1S/C9H15NOS2/c1-10(2)8(11)4-5-9-12-6-3-7-13-9/h5H,3-4,6-7H2,1-2H3. The van der Waals surface area contributed by atoms with Crippen molar-refractivity contribution < 1.29 is 4.79 Å². The molecule has 0 aromatic rings. The van der Waals surface area contributed by atoms with Crippen LogP contribution in [0.15, 0.2) is 10.3 Å². The van der Waals surface area contributed by atoms with Crippen molar-refractivity contribution in [1.29, 1.82) is 0 Å². The fourth-order valence-electron chi connectivity index (χ4n) is 0.917. The van der Waals surface area contributed by atoms with Crippen LogP contribution in [0.25, 0.3) is 0 Å². The lowest BCUT2D eigenvalue weighted by atomic mass is 10.4. The number of rotatable bonds is 2. The second kappa shape index (κ2) is 5.60. The van der Waals surface area contributed by atoms with E-state index in [1.165, 1.54) is 22.2 Å². The van der Waals surface area contributed by atoms with Crippen molar-refractivity contribution in [2.75, 3.05) is 25.6 Å². The van der Waals surface area contributed by atoms with Crippen LogP contribution in [0.1, 0.15) is 12.8 Å². The Hall–Kier alpha value is -0.0900. The van der Waals surface area contributed by atoms with Crippen LogP contribution in [0, 0.1) is 0 Å². The molecule has 0 radical (unpaired) electrons. The highest BCUT2D eigenvalue weighted by Gasteiger charge is 2.07. The normalized spacial score (nSPS) is 16.9. The summed E-state index contributed by atoms with van der Waals surface area (Å²) < 4.78 is 1.32. The number of carbonyl (C=O) groups is 1. The first-order valence-electron chi connectivity index (χ1n) is 4.36. The van der Waals surface area contributed by atoms with Gasteiger partial charge in [-0.15, -0.1) is 23.5 Å². The molecule has 0 aromatic carbocycles. The van der Waals surface area contributed by atoms with Crippen LogP contribution in [-0.2, 0) is 4.79 Å². The van der Waals surface area contributed by atoms with Gasteiger partial charge in [-0.05, 0) is 17.9 Å². The summed E-state index contributed by atoms with van der Waals surface area (Å²) in [5, 5.41) is 0. The van der Waals surface area contributed by atoms with Gasteiger partial charge in [0.2, 0.25) is 5.91 Å². The van der Waals surface area contributed by atoms with Gasteiger partial charge in [-0.25, -0.2) is 0 Å². The summed E-state index contributed by atoms with van der Waals surface area (Å²) in [6, 6.07) is 0. The molecule has 1 heterocycles. The topological polar surface area (TPSA) is 20.3 Å². The summed E-state index contributed by atoms with van der Waals surface area (Å²) in [7, 11) is 3.59. The van der Waals surface area contributed by atoms with Crippen LogP contribution in [0.3, 0.4) is 0 Å². The zero-order chi connectivity index (χ0) is 9.68. The largest absolute Gasteiger partial charge is 0.349 e. The van der Waals surface area contributed by atoms with Crippen molar-refractivity contribution >= 4 is 29.4 Å². The molecule has 1 fully saturated rings. The Bertz CT molecular complexity index is 206. The molecule has 74 valence electrons. The van der Waals surface area contributed by atoms with Gasteiger partial charge in [-0.1, -0.05) is 6.08 Å². The fraction of sp³-hybridized carbons (Fsp3) is 0.667. The summed E-state index contributed by atoms with van der Waals surface area (Å²) in [6.07, 6.45) is 3.88. The number of hydrogen-bond donors (Lipinski definition) is 0. The van der Waals surface area contributed by atoms with E-state index in [0.717, 1.165) is 0 Å². The van der Waals surface area contributed by atoms with Crippen LogP contribution in [0.5, 0.6) is 0 Å². The Morgan fingerprint density at radius 3 is 2.62 bits per heavy atom. The van der Waals surface area contributed by atoms with Crippen LogP contribution >= 0.6 is 23.5 Å². The second-order valence-corrected chi connectivity index (χ2v) is 5.60. The molecule has 2 nitrogen and oxygen atoms in total. The number of thioether (sulfide) groups is 2. The van der Waals surface area contributed by atoms with Gasteiger partial charge < -0.3 is 4.90 Å². The summed E-state index contributed by atoms with van der Waals surface area (Å²) in [4.78, 5) is 12.9. The molecule has 0 saturated carbocycles. The minimum atomic E-state index is 0.180. The molecule has 1 amide bonds. The van der Waals surface area contributed by atoms with Crippen molar-refractivity contribution in [2.45, 2.75) is 12.8 Å². The van der Waals surface area contributed by atoms with Gasteiger partial charge in [-0.2, -0.15) is 0 Å². The maximum atomic E-state index is 11.2. The first-order chi connectivity index (χ1) is 6.20. The zero-order valence-electron chi connectivity index (χ0n) is 8.08. The number of nitrogens with zero attached hydrogens (tertiary/aromatic N) is 1. The lowest BCUT2D eigenvalue weighted by molar-refractivity contribution is -0.127. The van der Waals surface area contributed by atoms with E-state index in [4.69, 9.17) is 0 Å². The van der Waals surface area contributed by atoms with Crippen molar-refractivity contribution in [2.24, 2.45) is 0 Å². The van der Waals surface area contributed by atoms with Crippen LogP contribution in [0.2, 0.25) is 0 Å². The van der Waals surface area contributed by atoms with E-state index in [1.54, 1.807) is 19.0 Å². The Kier molecular flexibility index (Phi) is 4.73. The van der Waals surface area contributed by atoms with E-state index < -0.39 is 0 Å². The fourth-order valence-corrected chi connectivity index (χ4v) is 3.32. The van der Waals surface area contributed by atoms with E-state index in [9.17, 15) is 4.79 Å². The molecule has 13 heavy (non-hydrogen) atoms. The number of amides is 1. The Morgan fingerprint density at radius 2 is 2.08 bits per heavy atom. The third-order valence-corrected chi connectivity index (χ3v) is 4.31. The van der Waals surface area contributed by atoms with Crippen LogP contribution in [-0.4, -0.2) is 36.4 Å². The summed E-state index contributed by atoms with van der Waals surface area (Å²) in [5.41, 5.74) is 0. The summed E-state index contributed by atoms with van der Waals surface area (Å²) in [5.74, 6) is 2.59. The lowest BCUT2D eigenvalue weighted by Gasteiger charge is -2.13. The molecule has 0 aromatic heterocycles. The summed E-state index contributed by atoms with van der Waals surface area (Å²) in [6.45, 7) is 0. The molecular formula is C9H15NOS2. The third-order valence-electron chi connectivity index (χ3n) is 1.72. The van der Waals surface area contributed by atoms with Gasteiger partial charge in [0.05, 0.1) is 0 Å². The molecule has 1 aliphatic heterocycles. The highest BCUT2D eigenvalue weighted by Crippen LogP contribution is 2.34. The van der Waals surface area contributed by atoms with Crippen LogP contribution in [0.4, 0.5) is 0 Å². The van der Waals surface area contributed by atoms with E-state index in [1.807, 2.05) is 23.5 Å². The highest BCUT2D eigenvalue weighted by molar-refractivity contribution is 8.22. The first kappa shape index (κ1) is 11.0. The van der Waals surface area contributed by atoms with Gasteiger partial charge in [0, 0.05) is 24.8 Å². The van der Waals surface area contributed by atoms with E-state index >= 15 is 0 Å². The summed E-state index contributed by atoms with van der Waals surface area (Å²) >= 11 is 3.74. The Labute approximate surface area is 88.1 Å². The van der Waals surface area contributed by atoms with Crippen molar-refractivity contribution in [1.82, 2.24) is 4.90 Å². The smallest absolute Gasteiger partial charge is 0.225 e. The molecule has 1 rings (SSSR count). The molecule has 1 aliphatic rings. The van der Waals surface area contributed by atoms with E-state index in [0.29, 0.717) is 6.42 Å². The molecule has 0 spiro atoms. The highest BCUT2D eigenvalue weighted by atomic mass is 32.2. The minimum absolute atomic E-state index is 0.180. The molecule has 0 aliphatic carbocycles. The second-order valence-electron chi connectivity index (χ2n) is 3.07. The van der Waals surface area contributed by atoms with Gasteiger partial charge in [-0.3, -0.25) is 4.79 Å². The maximum Gasteiger partial charge on any atom is 0.225 e. The van der Waals surface area contributed by atoms with Gasteiger partial charge in [0.15, 0.2) is 0 Å². The quantitative estimate of drug-likeness (QED) is 0.707. The average Bonchev–Trinajstić information content (AvgIpc) is 2.15. The molecule has 0 N–H and O–H groups in total. The predicted octanol–water partition coefficient (Wildman–Crippen LogP) is 2.18. The maximum absolute atomic E-state index is 11.2. The SMILES string of the molecule is CN(C)C(=O)CC=C1SCCCS1. The molecule has 0 atom stereocenters. The van der Waals surface area contributed by atoms with Gasteiger partial charge in [0.25, 0.3) is 0 Å². The molecule has 1 saturated heterocycles. The zero-order valence-corrected chi connectivity index (χ0v) is 9.71. The van der Waals surface area contributed by atoms with Crippen molar-refractivity contribution in [3.05, 3.63) is 10.3 Å². The number of carbonyl (C=O) groups excluding carboxylic acids is 1. The molecule has 4 heteroatoms. The lowest BCUT2D eigenvalue weighted by Crippen LogP contribution is -2.20. The monoisotopic (exact) mass is 217 g/mol. The Morgan fingerprint density at radius 1 is 1.46 bits per heavy atom. The molecule has 0 unspecified atom stereocenters. The number of hydrogen-bond acceptors (Lipinski definition) is 3. The predicted molar refractivity (Wildman–Crippen MR) is 60.9 cm³/mol. The van der Waals surface area contributed by atoms with Crippen molar-refractivity contribution in [3.8, 4) is 0 Å². The van der Waals surface area contributed by atoms with E-state index in [-0.39, 0.29) is 5.91 Å². The first-order valence-corrected chi connectivity index (χ1v) is 6.33. The molecular weight excluding hydrogens is 202 g/mol. The Balaban J connectivity index is 2.33. The van der Waals surface area contributed by atoms with Gasteiger partial charge in [0.1, 0.15) is 0 Å². The molecule has 0 bridgehead atoms.